The first kappa shape index (κ1) is 13.8. The number of nitrogens with zero attached hydrogens (tertiary/aromatic N) is 3. The molecule has 0 spiro atoms. The van der Waals surface area contributed by atoms with Crippen LogP contribution < -0.4 is 25.5 Å². The number of hydrogen-bond acceptors (Lipinski definition) is 6. The van der Waals surface area contributed by atoms with Gasteiger partial charge in [-0.1, -0.05) is 0 Å². The average molecular weight is 301 g/mol. The van der Waals surface area contributed by atoms with Gasteiger partial charge in [-0.3, -0.25) is 13.9 Å². The fourth-order valence-corrected chi connectivity index (χ4v) is 2.09. The van der Waals surface area contributed by atoms with Crippen LogP contribution in [0, 0.1) is 11.3 Å². The Kier molecular flexibility index (Phi) is 3.10. The monoisotopic (exact) mass is 301 g/mol. The number of rotatable bonds is 2. The molecule has 0 fully saturated rings. The molecule has 2 aromatic rings. The minimum atomic E-state index is -0.707. The molecule has 1 aromatic carbocycles. The van der Waals surface area contributed by atoms with Crippen molar-refractivity contribution in [1.82, 2.24) is 9.13 Å². The van der Waals surface area contributed by atoms with E-state index < -0.39 is 11.2 Å². The van der Waals surface area contributed by atoms with E-state index in [1.54, 1.807) is 24.3 Å². The highest BCUT2D eigenvalue weighted by Crippen LogP contribution is 2.36. The molecule has 3 rings (SSSR count). The Morgan fingerprint density at radius 2 is 1.91 bits per heavy atom. The number of nitriles is 1. The van der Waals surface area contributed by atoms with Crippen molar-refractivity contribution in [2.45, 2.75) is 0 Å². The average Bonchev–Trinajstić information content (AvgIpc) is 2.98. The van der Waals surface area contributed by atoms with Gasteiger partial charge in [0.05, 0.1) is 0 Å². The summed E-state index contributed by atoms with van der Waals surface area (Å²) in [5.41, 5.74) is -1.54. The molecule has 8 heteroatoms. The van der Waals surface area contributed by atoms with E-state index in [2.05, 4.69) is 0 Å². The molecule has 0 unspecified atom stereocenters. The highest BCUT2D eigenvalue weighted by molar-refractivity contribution is 5.48. The van der Waals surface area contributed by atoms with Crippen LogP contribution in [-0.2, 0) is 14.1 Å². The van der Waals surface area contributed by atoms with Gasteiger partial charge in [-0.05, 0) is 12.1 Å². The van der Waals surface area contributed by atoms with Crippen LogP contribution in [0.2, 0.25) is 0 Å². The van der Waals surface area contributed by atoms with E-state index in [-0.39, 0.29) is 18.2 Å². The highest BCUT2D eigenvalue weighted by Gasteiger charge is 2.19. The minimum absolute atomic E-state index is 0.116. The van der Waals surface area contributed by atoms with Crippen LogP contribution in [0.4, 0.5) is 0 Å². The van der Waals surface area contributed by atoms with Crippen molar-refractivity contribution in [3.05, 3.63) is 44.6 Å². The summed E-state index contributed by atoms with van der Waals surface area (Å²) in [5.74, 6) is 1.27. The maximum absolute atomic E-state index is 12.0. The van der Waals surface area contributed by atoms with Gasteiger partial charge in [0.15, 0.2) is 17.1 Å². The summed E-state index contributed by atoms with van der Waals surface area (Å²) in [7, 11) is 2.72. The Morgan fingerprint density at radius 3 is 2.64 bits per heavy atom. The molecule has 112 valence electrons. The molecular weight excluding hydrogens is 290 g/mol. The Morgan fingerprint density at radius 1 is 1.18 bits per heavy atom. The molecule has 0 N–H and O–H groups in total. The van der Waals surface area contributed by atoms with Gasteiger partial charge in [0.2, 0.25) is 12.7 Å². The van der Waals surface area contributed by atoms with Crippen LogP contribution in [-0.4, -0.2) is 15.9 Å². The van der Waals surface area contributed by atoms with Crippen molar-refractivity contribution in [1.29, 1.82) is 5.26 Å². The van der Waals surface area contributed by atoms with Gasteiger partial charge in [0.1, 0.15) is 11.8 Å². The molecule has 8 nitrogen and oxygen atoms in total. The smallest absolute Gasteiger partial charge is 0.333 e. The maximum atomic E-state index is 12.0. The van der Waals surface area contributed by atoms with Gasteiger partial charge in [-0.2, -0.15) is 5.26 Å². The standard InChI is InChI=1S/C14H11N3O5/c1-16-12(18)9(6-15)13(17(2)14(16)19)22-8-3-4-10-11(5-8)21-7-20-10/h3-5H,7H2,1-2H3. The van der Waals surface area contributed by atoms with Crippen LogP contribution >= 0.6 is 0 Å². The van der Waals surface area contributed by atoms with Crippen molar-refractivity contribution in [3.8, 4) is 29.2 Å². The quantitative estimate of drug-likeness (QED) is 0.800. The molecule has 0 radical (unpaired) electrons. The van der Waals surface area contributed by atoms with E-state index in [0.29, 0.717) is 17.2 Å². The zero-order chi connectivity index (χ0) is 15.9. The van der Waals surface area contributed by atoms with Gasteiger partial charge >= 0.3 is 5.69 Å². The van der Waals surface area contributed by atoms with E-state index >= 15 is 0 Å². The molecule has 2 heterocycles. The lowest BCUT2D eigenvalue weighted by molar-refractivity contribution is 0.174. The third kappa shape index (κ3) is 2.00. The lowest BCUT2D eigenvalue weighted by Crippen LogP contribution is -2.38. The lowest BCUT2D eigenvalue weighted by atomic mass is 10.3. The predicted molar refractivity (Wildman–Crippen MR) is 74.3 cm³/mol. The second-order valence-electron chi connectivity index (χ2n) is 4.61. The largest absolute Gasteiger partial charge is 0.454 e. The summed E-state index contributed by atoms with van der Waals surface area (Å²) in [4.78, 5) is 23.9. The Balaban J connectivity index is 2.12. The normalized spacial score (nSPS) is 12.0. The van der Waals surface area contributed by atoms with Gasteiger partial charge in [-0.25, -0.2) is 4.79 Å². The van der Waals surface area contributed by atoms with Crippen LogP contribution in [0.25, 0.3) is 0 Å². The zero-order valence-electron chi connectivity index (χ0n) is 11.8. The molecule has 0 bridgehead atoms. The van der Waals surface area contributed by atoms with E-state index in [1.165, 1.54) is 14.1 Å². The Labute approximate surface area is 124 Å². The molecule has 1 aliphatic rings. The van der Waals surface area contributed by atoms with Crippen molar-refractivity contribution >= 4 is 0 Å². The fourth-order valence-electron chi connectivity index (χ4n) is 2.09. The first-order chi connectivity index (χ1) is 10.5. The van der Waals surface area contributed by atoms with E-state index in [1.807, 2.05) is 0 Å². The Hall–Kier alpha value is -3.21. The van der Waals surface area contributed by atoms with Crippen molar-refractivity contribution in [3.63, 3.8) is 0 Å². The predicted octanol–water partition coefficient (Wildman–Crippen LogP) is 0.477. The summed E-state index contributed by atoms with van der Waals surface area (Å²) in [6.45, 7) is 0.118. The molecule has 0 amide bonds. The number of benzene rings is 1. The second-order valence-corrected chi connectivity index (χ2v) is 4.61. The molecule has 22 heavy (non-hydrogen) atoms. The van der Waals surface area contributed by atoms with Crippen LogP contribution in [0.1, 0.15) is 5.56 Å². The van der Waals surface area contributed by atoms with Crippen molar-refractivity contribution in [2.24, 2.45) is 14.1 Å². The number of ether oxygens (including phenoxy) is 3. The summed E-state index contributed by atoms with van der Waals surface area (Å²) >= 11 is 0. The van der Waals surface area contributed by atoms with Gasteiger partial charge in [-0.15, -0.1) is 0 Å². The van der Waals surface area contributed by atoms with Crippen molar-refractivity contribution in [2.75, 3.05) is 6.79 Å². The summed E-state index contributed by atoms with van der Waals surface area (Å²) < 4.78 is 17.9. The van der Waals surface area contributed by atoms with Crippen molar-refractivity contribution < 1.29 is 14.2 Å². The molecule has 0 atom stereocenters. The zero-order valence-corrected chi connectivity index (χ0v) is 11.8. The Bertz CT molecular complexity index is 920. The first-order valence-electron chi connectivity index (χ1n) is 6.30. The molecule has 0 saturated carbocycles. The minimum Gasteiger partial charge on any atom is -0.454 e. The SMILES string of the molecule is Cn1c(Oc2ccc3c(c2)OCO3)c(C#N)c(=O)n(C)c1=O. The number of hydrogen-bond donors (Lipinski definition) is 0. The van der Waals surface area contributed by atoms with Crippen LogP contribution in [0.3, 0.4) is 0 Å². The van der Waals surface area contributed by atoms with Gasteiger partial charge < -0.3 is 14.2 Å². The van der Waals surface area contributed by atoms with Crippen LogP contribution in [0.15, 0.2) is 27.8 Å². The lowest BCUT2D eigenvalue weighted by Gasteiger charge is -2.12. The molecule has 1 aromatic heterocycles. The molecular formula is C14H11N3O5. The van der Waals surface area contributed by atoms with E-state index in [0.717, 1.165) is 9.13 Å². The third-order valence-corrected chi connectivity index (χ3v) is 3.28. The van der Waals surface area contributed by atoms with Gasteiger partial charge in [0, 0.05) is 20.2 Å². The second kappa shape index (κ2) is 4.96. The summed E-state index contributed by atoms with van der Waals surface area (Å²) in [6, 6.07) is 6.57. The summed E-state index contributed by atoms with van der Waals surface area (Å²) in [6.07, 6.45) is 0. The van der Waals surface area contributed by atoms with E-state index in [4.69, 9.17) is 19.5 Å². The first-order valence-corrected chi connectivity index (χ1v) is 6.30. The number of fused-ring (bicyclic) bond motifs is 1. The topological polar surface area (TPSA) is 95.5 Å². The third-order valence-electron chi connectivity index (χ3n) is 3.28. The van der Waals surface area contributed by atoms with E-state index in [9.17, 15) is 9.59 Å². The molecule has 1 aliphatic heterocycles. The maximum Gasteiger partial charge on any atom is 0.333 e. The van der Waals surface area contributed by atoms with Gasteiger partial charge in [0.25, 0.3) is 5.56 Å². The van der Waals surface area contributed by atoms with Crippen LogP contribution in [0.5, 0.6) is 23.1 Å². The summed E-state index contributed by atoms with van der Waals surface area (Å²) in [5, 5.41) is 9.17. The molecule has 0 aliphatic carbocycles. The fraction of sp³-hybridized carbons (Fsp3) is 0.214. The number of aromatic nitrogens is 2. The molecule has 0 saturated heterocycles. The highest BCUT2D eigenvalue weighted by atomic mass is 16.7.